The summed E-state index contributed by atoms with van der Waals surface area (Å²) in [5.74, 6) is -0.591. The largest absolute Gasteiger partial charge is 0.483 e. The zero-order valence-corrected chi connectivity index (χ0v) is 13.5. The van der Waals surface area contributed by atoms with Gasteiger partial charge in [-0.2, -0.15) is 0 Å². The molecule has 0 unspecified atom stereocenters. The van der Waals surface area contributed by atoms with Crippen molar-refractivity contribution in [3.05, 3.63) is 28.8 Å². The van der Waals surface area contributed by atoms with Gasteiger partial charge < -0.3 is 10.1 Å². The highest BCUT2D eigenvalue weighted by Gasteiger charge is 2.13. The maximum absolute atomic E-state index is 11.6. The number of hydrogen-bond donors (Lipinski definition) is 2. The van der Waals surface area contributed by atoms with Gasteiger partial charge in [-0.15, -0.1) is 0 Å². The first-order valence-corrected chi connectivity index (χ1v) is 7.25. The van der Waals surface area contributed by atoms with Crippen molar-refractivity contribution in [3.63, 3.8) is 0 Å². The van der Waals surface area contributed by atoms with Crippen LogP contribution in [0.15, 0.2) is 18.2 Å². The molecule has 120 valence electrons. The van der Waals surface area contributed by atoms with Crippen LogP contribution in [0.1, 0.15) is 37.6 Å². The molecule has 0 aliphatic heterocycles. The molecule has 22 heavy (non-hydrogen) atoms. The average Bonchev–Trinajstić information content (AvgIpc) is 2.45. The van der Waals surface area contributed by atoms with Gasteiger partial charge in [-0.1, -0.05) is 18.5 Å². The molecule has 3 amide bonds. The number of carbonyl (C=O) groups excluding carboxylic acids is 3. The summed E-state index contributed by atoms with van der Waals surface area (Å²) in [6.07, 6.45) is 0.755. The predicted molar refractivity (Wildman–Crippen MR) is 83.4 cm³/mol. The summed E-state index contributed by atoms with van der Waals surface area (Å²) in [5.41, 5.74) is 0.282. The van der Waals surface area contributed by atoms with Crippen LogP contribution in [-0.4, -0.2) is 30.4 Å². The standard InChI is InChI=1S/C15H19ClN2O4/c1-4-9(2)17-15(21)18-14(20)8-22-13-6-5-11(16)7-12(13)10(3)19/h5-7,9H,4,8H2,1-3H3,(H2,17,18,20,21)/t9-/m0/s1. The maximum Gasteiger partial charge on any atom is 0.321 e. The number of Topliss-reactive ketones (excluding diaryl/α,β-unsaturated/α-hetero) is 1. The van der Waals surface area contributed by atoms with Crippen LogP contribution in [0.3, 0.4) is 0 Å². The van der Waals surface area contributed by atoms with E-state index in [2.05, 4.69) is 10.6 Å². The maximum atomic E-state index is 11.6. The smallest absolute Gasteiger partial charge is 0.321 e. The summed E-state index contributed by atoms with van der Waals surface area (Å²) < 4.78 is 5.28. The van der Waals surface area contributed by atoms with E-state index in [1.807, 2.05) is 13.8 Å². The van der Waals surface area contributed by atoms with Gasteiger partial charge in [0.05, 0.1) is 5.56 Å². The fourth-order valence-corrected chi connectivity index (χ4v) is 1.74. The normalized spacial score (nSPS) is 11.5. The first kappa shape index (κ1) is 18.0. The zero-order chi connectivity index (χ0) is 16.7. The number of urea groups is 1. The number of benzene rings is 1. The third-order valence-corrected chi connectivity index (χ3v) is 3.16. The Morgan fingerprint density at radius 1 is 1.32 bits per heavy atom. The van der Waals surface area contributed by atoms with E-state index in [9.17, 15) is 14.4 Å². The van der Waals surface area contributed by atoms with E-state index in [0.29, 0.717) is 5.02 Å². The Kier molecular flexibility index (Phi) is 6.85. The first-order chi connectivity index (χ1) is 10.3. The minimum absolute atomic E-state index is 0.0331. The van der Waals surface area contributed by atoms with Crippen molar-refractivity contribution in [2.24, 2.45) is 0 Å². The minimum Gasteiger partial charge on any atom is -0.483 e. The van der Waals surface area contributed by atoms with E-state index < -0.39 is 11.9 Å². The second kappa shape index (κ2) is 8.38. The van der Waals surface area contributed by atoms with E-state index in [4.69, 9.17) is 16.3 Å². The number of imide groups is 1. The van der Waals surface area contributed by atoms with Gasteiger partial charge in [0, 0.05) is 11.1 Å². The minimum atomic E-state index is -0.606. The molecule has 0 aromatic heterocycles. The van der Waals surface area contributed by atoms with Crippen LogP contribution in [0.4, 0.5) is 4.79 Å². The number of carbonyl (C=O) groups is 3. The van der Waals surface area contributed by atoms with E-state index in [0.717, 1.165) is 6.42 Å². The fourth-order valence-electron chi connectivity index (χ4n) is 1.57. The van der Waals surface area contributed by atoms with Crippen molar-refractivity contribution in [2.75, 3.05) is 6.61 Å². The van der Waals surface area contributed by atoms with Crippen molar-refractivity contribution in [3.8, 4) is 5.75 Å². The number of ether oxygens (including phenoxy) is 1. The van der Waals surface area contributed by atoms with Crippen LogP contribution in [0.25, 0.3) is 0 Å². The van der Waals surface area contributed by atoms with Gasteiger partial charge in [0.2, 0.25) is 0 Å². The van der Waals surface area contributed by atoms with Crippen LogP contribution in [-0.2, 0) is 4.79 Å². The van der Waals surface area contributed by atoms with E-state index in [1.165, 1.54) is 19.1 Å². The Bertz CT molecular complexity index is 575. The molecule has 0 saturated heterocycles. The monoisotopic (exact) mass is 326 g/mol. The van der Waals surface area contributed by atoms with Gasteiger partial charge in [-0.3, -0.25) is 14.9 Å². The van der Waals surface area contributed by atoms with E-state index in [-0.39, 0.29) is 29.7 Å². The summed E-state index contributed by atoms with van der Waals surface area (Å²) >= 11 is 5.81. The SMILES string of the molecule is CC[C@H](C)NC(=O)NC(=O)COc1ccc(Cl)cc1C(C)=O. The molecule has 1 rings (SSSR count). The molecule has 0 saturated carbocycles. The van der Waals surface area contributed by atoms with Crippen LogP contribution in [0.5, 0.6) is 5.75 Å². The van der Waals surface area contributed by atoms with Gasteiger partial charge in [0.1, 0.15) is 5.75 Å². The Balaban J connectivity index is 2.58. The van der Waals surface area contributed by atoms with Crippen LogP contribution in [0, 0.1) is 0 Å². The Hall–Kier alpha value is -2.08. The number of halogens is 1. The molecule has 0 fully saturated rings. The second-order valence-electron chi connectivity index (χ2n) is 4.82. The molecule has 6 nitrogen and oxygen atoms in total. The van der Waals surface area contributed by atoms with Crippen LogP contribution in [0.2, 0.25) is 5.02 Å². The Morgan fingerprint density at radius 2 is 2.00 bits per heavy atom. The predicted octanol–water partition coefficient (Wildman–Crippen LogP) is 2.55. The van der Waals surface area contributed by atoms with E-state index in [1.54, 1.807) is 6.07 Å². The number of ketones is 1. The van der Waals surface area contributed by atoms with Crippen molar-refractivity contribution in [1.29, 1.82) is 0 Å². The lowest BCUT2D eigenvalue weighted by molar-refractivity contribution is -0.122. The van der Waals surface area contributed by atoms with Crippen molar-refractivity contribution in [2.45, 2.75) is 33.2 Å². The Labute approximate surface area is 134 Å². The molecule has 0 aliphatic rings. The summed E-state index contributed by atoms with van der Waals surface area (Å²) in [5, 5.41) is 5.15. The van der Waals surface area contributed by atoms with Gasteiger partial charge in [-0.05, 0) is 38.5 Å². The summed E-state index contributed by atoms with van der Waals surface area (Å²) in [6.45, 7) is 4.74. The van der Waals surface area contributed by atoms with Crippen LogP contribution >= 0.6 is 11.6 Å². The van der Waals surface area contributed by atoms with E-state index >= 15 is 0 Å². The van der Waals surface area contributed by atoms with Crippen molar-refractivity contribution < 1.29 is 19.1 Å². The molecule has 7 heteroatoms. The lowest BCUT2D eigenvalue weighted by Gasteiger charge is -2.13. The molecule has 0 spiro atoms. The molecule has 0 aliphatic carbocycles. The van der Waals surface area contributed by atoms with Gasteiger partial charge >= 0.3 is 6.03 Å². The number of hydrogen-bond acceptors (Lipinski definition) is 4. The lowest BCUT2D eigenvalue weighted by Crippen LogP contribution is -2.44. The zero-order valence-electron chi connectivity index (χ0n) is 12.7. The number of nitrogens with one attached hydrogen (secondary N) is 2. The second-order valence-corrected chi connectivity index (χ2v) is 5.25. The molecular weight excluding hydrogens is 308 g/mol. The molecule has 0 bridgehead atoms. The fraction of sp³-hybridized carbons (Fsp3) is 0.400. The highest BCUT2D eigenvalue weighted by atomic mass is 35.5. The average molecular weight is 327 g/mol. The number of rotatable bonds is 6. The summed E-state index contributed by atoms with van der Waals surface area (Å²) in [4.78, 5) is 34.6. The molecule has 0 radical (unpaired) electrons. The van der Waals surface area contributed by atoms with Gasteiger partial charge in [0.15, 0.2) is 12.4 Å². The molecule has 1 atom stereocenters. The molecule has 1 aromatic rings. The first-order valence-electron chi connectivity index (χ1n) is 6.87. The summed E-state index contributed by atoms with van der Waals surface area (Å²) in [7, 11) is 0. The van der Waals surface area contributed by atoms with Gasteiger partial charge in [0.25, 0.3) is 5.91 Å². The Morgan fingerprint density at radius 3 is 2.59 bits per heavy atom. The third-order valence-electron chi connectivity index (χ3n) is 2.92. The quantitative estimate of drug-likeness (QED) is 0.787. The van der Waals surface area contributed by atoms with Gasteiger partial charge in [-0.25, -0.2) is 4.79 Å². The highest BCUT2D eigenvalue weighted by Crippen LogP contribution is 2.23. The van der Waals surface area contributed by atoms with Crippen molar-refractivity contribution in [1.82, 2.24) is 10.6 Å². The van der Waals surface area contributed by atoms with Crippen molar-refractivity contribution >= 4 is 29.3 Å². The molecular formula is C15H19ClN2O4. The lowest BCUT2D eigenvalue weighted by atomic mass is 10.1. The molecule has 1 aromatic carbocycles. The molecule has 0 heterocycles. The summed E-state index contributed by atoms with van der Waals surface area (Å²) in [6, 6.07) is 3.91. The van der Waals surface area contributed by atoms with Crippen LogP contribution < -0.4 is 15.4 Å². The topological polar surface area (TPSA) is 84.5 Å². The highest BCUT2D eigenvalue weighted by molar-refractivity contribution is 6.31. The third kappa shape index (κ3) is 5.73. The molecule has 2 N–H and O–H groups in total. The number of amides is 3.